The van der Waals surface area contributed by atoms with Crippen molar-refractivity contribution in [2.24, 2.45) is 0 Å². The van der Waals surface area contributed by atoms with Gasteiger partial charge in [0.1, 0.15) is 5.60 Å². The molecule has 0 saturated carbocycles. The van der Waals surface area contributed by atoms with Crippen LogP contribution in [-0.4, -0.2) is 11.8 Å². The molecule has 1 N–H and O–H groups in total. The van der Waals surface area contributed by atoms with Crippen molar-refractivity contribution in [1.82, 2.24) is 0 Å². The Labute approximate surface area is 112 Å². The van der Waals surface area contributed by atoms with Gasteiger partial charge < -0.3 is 5.11 Å². The molecule has 0 aliphatic heterocycles. The molecule has 0 heterocycles. The molecule has 98 valence electrons. The van der Waals surface area contributed by atoms with Crippen LogP contribution in [0.4, 0.5) is 4.39 Å². The molecule has 0 unspecified atom stereocenters. The number of halogens is 1. The Hall–Kier alpha value is -1.67. The van der Waals surface area contributed by atoms with Crippen LogP contribution < -0.4 is 0 Å². The van der Waals surface area contributed by atoms with Gasteiger partial charge in [0.15, 0.2) is 0 Å². The number of fused-ring (bicyclic) bond motifs is 2. The lowest BCUT2D eigenvalue weighted by molar-refractivity contribution is 0.0627. The van der Waals surface area contributed by atoms with Crippen LogP contribution in [0, 0.1) is 0 Å². The predicted molar refractivity (Wildman–Crippen MR) is 73.9 cm³/mol. The average molecular weight is 256 g/mol. The number of aliphatic hydroxyl groups is 1. The Bertz CT molecular complexity index is 544. The first-order valence-corrected chi connectivity index (χ1v) is 6.71. The largest absolute Gasteiger partial charge is 0.380 e. The van der Waals surface area contributed by atoms with Crippen molar-refractivity contribution >= 4 is 0 Å². The maximum atomic E-state index is 13.0. The quantitative estimate of drug-likeness (QED) is 0.873. The van der Waals surface area contributed by atoms with Gasteiger partial charge in [-0.3, -0.25) is 4.39 Å². The molecule has 1 aliphatic carbocycles. The highest BCUT2D eigenvalue weighted by atomic mass is 19.1. The second-order valence-electron chi connectivity index (χ2n) is 5.11. The fourth-order valence-corrected chi connectivity index (χ4v) is 3.10. The van der Waals surface area contributed by atoms with Crippen LogP contribution in [0.3, 0.4) is 0 Å². The second kappa shape index (κ2) is 4.78. The summed E-state index contributed by atoms with van der Waals surface area (Å²) in [7, 11) is 0. The normalized spacial score (nSPS) is 16.3. The molecule has 2 aromatic rings. The standard InChI is InChI=1S/C17H17FO/c18-12-11-17(19)15-7-3-1-5-13(15)9-10-14-6-2-4-8-16(14)17/h1-8,19H,9-12H2. The maximum absolute atomic E-state index is 13.0. The highest BCUT2D eigenvalue weighted by molar-refractivity contribution is 5.47. The van der Waals surface area contributed by atoms with Crippen LogP contribution in [0.1, 0.15) is 28.7 Å². The number of aryl methyl sites for hydroxylation is 2. The molecule has 0 saturated heterocycles. The summed E-state index contributed by atoms with van der Waals surface area (Å²) in [5, 5.41) is 11.1. The average Bonchev–Trinajstić information content (AvgIpc) is 2.57. The molecular weight excluding hydrogens is 239 g/mol. The molecule has 0 fully saturated rings. The molecule has 0 spiro atoms. The van der Waals surface area contributed by atoms with E-state index in [9.17, 15) is 9.50 Å². The van der Waals surface area contributed by atoms with Crippen LogP contribution in [0.25, 0.3) is 0 Å². The van der Waals surface area contributed by atoms with Crippen molar-refractivity contribution in [2.45, 2.75) is 24.9 Å². The maximum Gasteiger partial charge on any atom is 0.118 e. The first-order valence-electron chi connectivity index (χ1n) is 6.71. The van der Waals surface area contributed by atoms with Gasteiger partial charge in [-0.2, -0.15) is 0 Å². The monoisotopic (exact) mass is 256 g/mol. The lowest BCUT2D eigenvalue weighted by Crippen LogP contribution is -2.29. The van der Waals surface area contributed by atoms with Crippen molar-refractivity contribution in [3.8, 4) is 0 Å². The highest BCUT2D eigenvalue weighted by Gasteiger charge is 2.36. The minimum atomic E-state index is -1.20. The molecule has 0 amide bonds. The summed E-state index contributed by atoms with van der Waals surface area (Å²) < 4.78 is 13.0. The molecule has 19 heavy (non-hydrogen) atoms. The third kappa shape index (κ3) is 1.96. The smallest absolute Gasteiger partial charge is 0.118 e. The fraction of sp³-hybridized carbons (Fsp3) is 0.294. The van der Waals surface area contributed by atoms with Gasteiger partial charge in [0.2, 0.25) is 0 Å². The summed E-state index contributed by atoms with van der Waals surface area (Å²) in [5.41, 5.74) is 2.76. The third-order valence-corrected chi connectivity index (χ3v) is 4.05. The minimum Gasteiger partial charge on any atom is -0.380 e. The Kier molecular flexibility index (Phi) is 3.11. The zero-order chi connectivity index (χ0) is 13.3. The molecule has 0 bridgehead atoms. The van der Waals surface area contributed by atoms with Crippen molar-refractivity contribution < 1.29 is 9.50 Å². The summed E-state index contributed by atoms with van der Waals surface area (Å²) in [6, 6.07) is 15.7. The summed E-state index contributed by atoms with van der Waals surface area (Å²) in [5.74, 6) is 0. The number of rotatable bonds is 2. The third-order valence-electron chi connectivity index (χ3n) is 4.05. The van der Waals surface area contributed by atoms with Gasteiger partial charge in [-0.1, -0.05) is 48.5 Å². The number of hydrogen-bond donors (Lipinski definition) is 1. The molecule has 2 heteroatoms. The Morgan fingerprint density at radius 2 is 1.37 bits per heavy atom. The Morgan fingerprint density at radius 3 is 1.84 bits per heavy atom. The van der Waals surface area contributed by atoms with Crippen molar-refractivity contribution in [3.05, 3.63) is 70.8 Å². The molecule has 0 aromatic heterocycles. The lowest BCUT2D eigenvalue weighted by Gasteiger charge is -2.30. The van der Waals surface area contributed by atoms with E-state index in [0.717, 1.165) is 35.1 Å². The van der Waals surface area contributed by atoms with Gasteiger partial charge in [0, 0.05) is 6.42 Å². The first kappa shape index (κ1) is 12.4. The number of hydrogen-bond acceptors (Lipinski definition) is 1. The summed E-state index contributed by atoms with van der Waals surface area (Å²) >= 11 is 0. The van der Waals surface area contributed by atoms with E-state index < -0.39 is 12.3 Å². The van der Waals surface area contributed by atoms with Crippen LogP contribution in [0.5, 0.6) is 0 Å². The van der Waals surface area contributed by atoms with E-state index in [1.807, 2.05) is 48.5 Å². The van der Waals surface area contributed by atoms with E-state index in [4.69, 9.17) is 0 Å². The van der Waals surface area contributed by atoms with Crippen molar-refractivity contribution in [1.29, 1.82) is 0 Å². The Morgan fingerprint density at radius 1 is 0.895 bits per heavy atom. The topological polar surface area (TPSA) is 20.2 Å². The lowest BCUT2D eigenvalue weighted by atomic mass is 9.81. The van der Waals surface area contributed by atoms with Gasteiger partial charge in [-0.15, -0.1) is 0 Å². The first-order chi connectivity index (χ1) is 9.25. The van der Waals surface area contributed by atoms with Crippen molar-refractivity contribution in [3.63, 3.8) is 0 Å². The van der Waals surface area contributed by atoms with Crippen LogP contribution in [0.2, 0.25) is 0 Å². The van der Waals surface area contributed by atoms with Crippen LogP contribution >= 0.6 is 0 Å². The molecule has 1 nitrogen and oxygen atoms in total. The minimum absolute atomic E-state index is 0.112. The van der Waals surface area contributed by atoms with Gasteiger partial charge in [0.05, 0.1) is 6.67 Å². The number of alkyl halides is 1. The molecule has 0 radical (unpaired) electrons. The van der Waals surface area contributed by atoms with Crippen LogP contribution in [-0.2, 0) is 18.4 Å². The van der Waals surface area contributed by atoms with E-state index in [0.29, 0.717) is 0 Å². The van der Waals surface area contributed by atoms with Gasteiger partial charge in [-0.05, 0) is 35.1 Å². The summed E-state index contributed by atoms with van der Waals surface area (Å²) in [6.45, 7) is -0.529. The SMILES string of the molecule is OC1(CCF)c2ccccc2CCc2ccccc21. The summed E-state index contributed by atoms with van der Waals surface area (Å²) in [4.78, 5) is 0. The van der Waals surface area contributed by atoms with Gasteiger partial charge >= 0.3 is 0 Å². The molecular formula is C17H17FO. The second-order valence-corrected chi connectivity index (χ2v) is 5.11. The van der Waals surface area contributed by atoms with E-state index in [1.165, 1.54) is 0 Å². The van der Waals surface area contributed by atoms with Gasteiger partial charge in [-0.25, -0.2) is 0 Å². The van der Waals surface area contributed by atoms with E-state index in [2.05, 4.69) is 0 Å². The van der Waals surface area contributed by atoms with Gasteiger partial charge in [0.25, 0.3) is 0 Å². The molecule has 3 rings (SSSR count). The van der Waals surface area contributed by atoms with E-state index in [-0.39, 0.29) is 6.42 Å². The Balaban J connectivity index is 2.25. The highest BCUT2D eigenvalue weighted by Crippen LogP contribution is 2.39. The van der Waals surface area contributed by atoms with E-state index in [1.54, 1.807) is 0 Å². The zero-order valence-electron chi connectivity index (χ0n) is 10.8. The number of benzene rings is 2. The van der Waals surface area contributed by atoms with Crippen LogP contribution in [0.15, 0.2) is 48.5 Å². The zero-order valence-corrected chi connectivity index (χ0v) is 10.8. The summed E-state index contributed by atoms with van der Waals surface area (Å²) in [6.07, 6.45) is 1.89. The molecule has 1 aliphatic rings. The molecule has 2 aromatic carbocycles. The molecule has 0 atom stereocenters. The predicted octanol–water partition coefficient (Wildman–Crippen LogP) is 3.38. The van der Waals surface area contributed by atoms with Crippen molar-refractivity contribution in [2.75, 3.05) is 6.67 Å². The van der Waals surface area contributed by atoms with E-state index >= 15 is 0 Å². The fourth-order valence-electron chi connectivity index (χ4n) is 3.10.